The molecule has 0 aromatic carbocycles. The van der Waals surface area contributed by atoms with E-state index in [-0.39, 0.29) is 56.0 Å². The summed E-state index contributed by atoms with van der Waals surface area (Å²) in [4.78, 5) is 25.2. The quantitative estimate of drug-likeness (QED) is 0.290. The molecule has 0 unspecified atom stereocenters. The molecular weight excluding hydrogens is 480 g/mol. The summed E-state index contributed by atoms with van der Waals surface area (Å²) in [5.41, 5.74) is -6.22. The minimum absolute atomic E-state index is 0.0332. The molecular formula is C28H42O9. The van der Waals surface area contributed by atoms with Crippen LogP contribution in [0.2, 0.25) is 0 Å². The van der Waals surface area contributed by atoms with Crippen LogP contribution in [0.15, 0.2) is 11.6 Å². The van der Waals surface area contributed by atoms with Crippen molar-refractivity contribution in [2.45, 2.75) is 108 Å². The standard InChI is InChI=1S/C28H42O9/c1-14-15(13-37-23(14)33)9-21(31)26(4,34)20-6-8-27(35)17-10-22(32)28(36)12-19(30)18(29)11-25(28,3)16(17)5-7-24(20,27)2/h10,14-16,18-21,29-31,34-36H,5-9,11-13H2,1-4H3/t14-,15+,16-,18-,19-,20-,21+,24+,25+,26+,27+,28+/m0/s1. The molecule has 4 aliphatic carbocycles. The minimum Gasteiger partial charge on any atom is -0.465 e. The fraction of sp³-hybridized carbons (Fsp3) is 0.857. The summed E-state index contributed by atoms with van der Waals surface area (Å²) in [6.45, 7) is 7.22. The van der Waals surface area contributed by atoms with Gasteiger partial charge in [-0.15, -0.1) is 0 Å². The van der Waals surface area contributed by atoms with E-state index in [0.717, 1.165) is 0 Å². The highest BCUT2D eigenvalue weighted by atomic mass is 16.5. The van der Waals surface area contributed by atoms with E-state index < -0.39 is 57.6 Å². The van der Waals surface area contributed by atoms with Crippen LogP contribution < -0.4 is 0 Å². The lowest BCUT2D eigenvalue weighted by Crippen LogP contribution is -2.69. The van der Waals surface area contributed by atoms with Gasteiger partial charge in [0, 0.05) is 23.2 Å². The van der Waals surface area contributed by atoms with Crippen LogP contribution in [0.25, 0.3) is 0 Å². The number of aliphatic hydroxyl groups is 6. The van der Waals surface area contributed by atoms with E-state index in [1.165, 1.54) is 6.08 Å². The largest absolute Gasteiger partial charge is 0.465 e. The van der Waals surface area contributed by atoms with Gasteiger partial charge in [0.25, 0.3) is 0 Å². The van der Waals surface area contributed by atoms with Gasteiger partial charge >= 0.3 is 5.97 Å². The van der Waals surface area contributed by atoms with Gasteiger partial charge in [-0.05, 0) is 68.9 Å². The first-order valence-electron chi connectivity index (χ1n) is 13.7. The Bertz CT molecular complexity index is 1020. The summed E-state index contributed by atoms with van der Waals surface area (Å²) in [6.07, 6.45) is -0.392. The second kappa shape index (κ2) is 8.32. The summed E-state index contributed by atoms with van der Waals surface area (Å²) in [7, 11) is 0. The highest BCUT2D eigenvalue weighted by molar-refractivity contribution is 6.00. The van der Waals surface area contributed by atoms with Gasteiger partial charge < -0.3 is 35.4 Å². The molecule has 37 heavy (non-hydrogen) atoms. The molecule has 1 heterocycles. The average molecular weight is 523 g/mol. The Balaban J connectivity index is 1.47. The molecule has 0 radical (unpaired) electrons. The molecule has 1 saturated heterocycles. The zero-order chi connectivity index (χ0) is 27.3. The van der Waals surface area contributed by atoms with Crippen molar-refractivity contribution in [2.24, 2.45) is 34.5 Å². The van der Waals surface area contributed by atoms with Crippen molar-refractivity contribution in [1.29, 1.82) is 0 Å². The Hall–Kier alpha value is -1.36. The topological polar surface area (TPSA) is 165 Å². The summed E-state index contributed by atoms with van der Waals surface area (Å²) in [5, 5.41) is 67.5. The molecule has 0 bridgehead atoms. The van der Waals surface area contributed by atoms with Gasteiger partial charge in [0.2, 0.25) is 0 Å². The number of ether oxygens (including phenoxy) is 1. The molecule has 5 rings (SSSR count). The van der Waals surface area contributed by atoms with Crippen LogP contribution in [0.3, 0.4) is 0 Å². The van der Waals surface area contributed by atoms with E-state index in [4.69, 9.17) is 4.74 Å². The minimum atomic E-state index is -1.83. The first-order chi connectivity index (χ1) is 17.0. The zero-order valence-corrected chi connectivity index (χ0v) is 22.2. The van der Waals surface area contributed by atoms with Gasteiger partial charge in [0.1, 0.15) is 5.60 Å². The summed E-state index contributed by atoms with van der Waals surface area (Å²) in [6, 6.07) is 0. The molecule has 0 spiro atoms. The Labute approximate surface area is 217 Å². The van der Waals surface area contributed by atoms with Crippen LogP contribution in [0.5, 0.6) is 0 Å². The van der Waals surface area contributed by atoms with Crippen molar-refractivity contribution < 1.29 is 45.0 Å². The number of aliphatic hydroxyl groups excluding tert-OH is 3. The number of cyclic esters (lactones) is 1. The highest BCUT2D eigenvalue weighted by Crippen LogP contribution is 2.69. The maximum absolute atomic E-state index is 13.4. The van der Waals surface area contributed by atoms with Crippen LogP contribution >= 0.6 is 0 Å². The zero-order valence-electron chi connectivity index (χ0n) is 22.2. The number of esters is 1. The number of hydrogen-bond acceptors (Lipinski definition) is 9. The predicted molar refractivity (Wildman–Crippen MR) is 131 cm³/mol. The summed E-state index contributed by atoms with van der Waals surface area (Å²) in [5.74, 6) is -2.31. The lowest BCUT2D eigenvalue weighted by Gasteiger charge is -2.62. The number of carbonyl (C=O) groups is 2. The molecule has 9 heteroatoms. The third-order valence-electron chi connectivity index (χ3n) is 11.7. The Morgan fingerprint density at radius 2 is 1.70 bits per heavy atom. The number of rotatable bonds is 4. The molecule has 0 aromatic heterocycles. The monoisotopic (exact) mass is 522 g/mol. The highest BCUT2D eigenvalue weighted by Gasteiger charge is 2.71. The van der Waals surface area contributed by atoms with Gasteiger partial charge in [-0.2, -0.15) is 0 Å². The molecule has 6 N–H and O–H groups in total. The number of fused-ring (bicyclic) bond motifs is 5. The third kappa shape index (κ3) is 3.44. The Kier molecular flexibility index (Phi) is 6.12. The maximum atomic E-state index is 13.4. The molecule has 5 aliphatic rings. The van der Waals surface area contributed by atoms with Crippen molar-refractivity contribution in [3.63, 3.8) is 0 Å². The van der Waals surface area contributed by atoms with Crippen LogP contribution in [0.1, 0.15) is 72.6 Å². The first kappa shape index (κ1) is 27.2. The molecule has 0 aromatic rings. The van der Waals surface area contributed by atoms with Gasteiger partial charge in [-0.1, -0.05) is 20.8 Å². The molecule has 12 atom stereocenters. The van der Waals surface area contributed by atoms with Gasteiger partial charge in [0.15, 0.2) is 5.78 Å². The number of hydrogen-bond donors (Lipinski definition) is 6. The van der Waals surface area contributed by atoms with E-state index in [2.05, 4.69) is 0 Å². The molecule has 0 amide bonds. The molecule has 9 nitrogen and oxygen atoms in total. The van der Waals surface area contributed by atoms with E-state index in [0.29, 0.717) is 24.8 Å². The van der Waals surface area contributed by atoms with Crippen LogP contribution in [-0.4, -0.2) is 84.1 Å². The number of carbonyl (C=O) groups excluding carboxylic acids is 2. The van der Waals surface area contributed by atoms with E-state index in [9.17, 15) is 40.2 Å². The molecule has 4 fully saturated rings. The molecule has 1 aliphatic heterocycles. The van der Waals surface area contributed by atoms with Gasteiger partial charge in [-0.25, -0.2) is 0 Å². The van der Waals surface area contributed by atoms with Gasteiger partial charge in [-0.3, -0.25) is 9.59 Å². The summed E-state index contributed by atoms with van der Waals surface area (Å²) >= 11 is 0. The van der Waals surface area contributed by atoms with Crippen molar-refractivity contribution in [2.75, 3.05) is 6.61 Å². The smallest absolute Gasteiger partial charge is 0.309 e. The van der Waals surface area contributed by atoms with Crippen molar-refractivity contribution in [1.82, 2.24) is 0 Å². The maximum Gasteiger partial charge on any atom is 0.309 e. The van der Waals surface area contributed by atoms with E-state index in [1.54, 1.807) is 20.8 Å². The Morgan fingerprint density at radius 3 is 2.32 bits per heavy atom. The summed E-state index contributed by atoms with van der Waals surface area (Å²) < 4.78 is 5.12. The second-order valence-corrected chi connectivity index (χ2v) is 13.4. The van der Waals surface area contributed by atoms with Gasteiger partial charge in [0.05, 0.1) is 42.0 Å². The first-order valence-corrected chi connectivity index (χ1v) is 13.7. The third-order valence-corrected chi connectivity index (χ3v) is 11.7. The molecule has 208 valence electrons. The molecule has 3 saturated carbocycles. The lowest BCUT2D eigenvalue weighted by molar-refractivity contribution is -0.211. The normalized spacial score (nSPS) is 51.9. The fourth-order valence-corrected chi connectivity index (χ4v) is 8.98. The van der Waals surface area contributed by atoms with Crippen molar-refractivity contribution >= 4 is 11.8 Å². The van der Waals surface area contributed by atoms with E-state index in [1.807, 2.05) is 6.92 Å². The predicted octanol–water partition coefficient (Wildman–Crippen LogP) is 0.617. The second-order valence-electron chi connectivity index (χ2n) is 13.4. The van der Waals surface area contributed by atoms with Crippen LogP contribution in [0, 0.1) is 34.5 Å². The number of ketones is 1. The van der Waals surface area contributed by atoms with Crippen molar-refractivity contribution in [3.8, 4) is 0 Å². The lowest BCUT2D eigenvalue weighted by atomic mass is 9.44. The Morgan fingerprint density at radius 1 is 1.05 bits per heavy atom. The fourth-order valence-electron chi connectivity index (χ4n) is 8.98. The van der Waals surface area contributed by atoms with Crippen LogP contribution in [-0.2, 0) is 14.3 Å². The van der Waals surface area contributed by atoms with Crippen molar-refractivity contribution in [3.05, 3.63) is 11.6 Å². The SMILES string of the molecule is C[C@@H]1C(=O)OC[C@H]1C[C@@H](O)[C@](C)(O)[C@H]1CC[C@@]2(O)C3=CC(=O)[C@]4(O)C[C@H](O)[C@@H](O)C[C@]4(C)[C@H]3CC[C@]12C. The van der Waals surface area contributed by atoms with Crippen LogP contribution in [0.4, 0.5) is 0 Å². The average Bonchev–Trinajstić information content (AvgIpc) is 3.28. The van der Waals surface area contributed by atoms with E-state index >= 15 is 0 Å².